The van der Waals surface area contributed by atoms with Gasteiger partial charge in [-0.05, 0) is 76.4 Å². The van der Waals surface area contributed by atoms with Crippen molar-refractivity contribution < 1.29 is 18.7 Å². The molecular formula is C26H31BrFN3O3. The standard InChI is InChI=1S/C26H31BrFN3O3/c1-25(2,3)34-24(33)30-26(13-4-5-14-26)16-31(18-11-9-17(27)10-12-18)23(32)20-15-19(20)21-7-6-8-22(28)29-21/h6-12,19-20H,4-5,13-16H2,1-3H3,(H,30,33). The zero-order valence-corrected chi connectivity index (χ0v) is 21.4. The maximum atomic E-state index is 13.8. The van der Waals surface area contributed by atoms with Crippen molar-refractivity contribution in [1.29, 1.82) is 0 Å². The minimum atomic E-state index is -0.607. The van der Waals surface area contributed by atoms with Crippen LogP contribution in [0, 0.1) is 11.9 Å². The van der Waals surface area contributed by atoms with Gasteiger partial charge in [-0.3, -0.25) is 4.79 Å². The predicted octanol–water partition coefficient (Wildman–Crippen LogP) is 5.96. The third kappa shape index (κ3) is 5.95. The van der Waals surface area contributed by atoms with Crippen molar-refractivity contribution in [3.8, 4) is 0 Å². The molecule has 1 aromatic heterocycles. The van der Waals surface area contributed by atoms with Gasteiger partial charge in [-0.2, -0.15) is 4.39 Å². The molecule has 1 aromatic carbocycles. The summed E-state index contributed by atoms with van der Waals surface area (Å²) in [5.41, 5.74) is 0.205. The highest BCUT2D eigenvalue weighted by molar-refractivity contribution is 9.10. The third-order valence-electron chi connectivity index (χ3n) is 6.42. The summed E-state index contributed by atoms with van der Waals surface area (Å²) < 4.78 is 20.1. The average molecular weight is 532 g/mol. The number of amides is 2. The summed E-state index contributed by atoms with van der Waals surface area (Å²) >= 11 is 3.46. The number of aromatic nitrogens is 1. The number of nitrogens with zero attached hydrogens (tertiary/aromatic N) is 2. The van der Waals surface area contributed by atoms with Crippen LogP contribution in [-0.2, 0) is 9.53 Å². The summed E-state index contributed by atoms with van der Waals surface area (Å²) in [5, 5.41) is 3.10. The van der Waals surface area contributed by atoms with E-state index in [1.165, 1.54) is 6.07 Å². The highest BCUT2D eigenvalue weighted by atomic mass is 79.9. The van der Waals surface area contributed by atoms with Gasteiger partial charge in [0.25, 0.3) is 0 Å². The van der Waals surface area contributed by atoms with E-state index >= 15 is 0 Å². The van der Waals surface area contributed by atoms with Gasteiger partial charge in [0.05, 0.1) is 5.54 Å². The summed E-state index contributed by atoms with van der Waals surface area (Å²) in [5.74, 6) is -0.931. The molecule has 0 spiro atoms. The molecule has 0 aliphatic heterocycles. The van der Waals surface area contributed by atoms with Crippen molar-refractivity contribution in [2.75, 3.05) is 11.4 Å². The summed E-state index contributed by atoms with van der Waals surface area (Å²) in [4.78, 5) is 32.2. The van der Waals surface area contributed by atoms with Crippen molar-refractivity contribution in [3.63, 3.8) is 0 Å². The van der Waals surface area contributed by atoms with Crippen molar-refractivity contribution in [1.82, 2.24) is 10.3 Å². The second kappa shape index (κ2) is 9.64. The molecule has 2 fully saturated rings. The molecule has 8 heteroatoms. The van der Waals surface area contributed by atoms with E-state index in [-0.39, 0.29) is 17.7 Å². The first-order chi connectivity index (χ1) is 16.1. The second-order valence-corrected chi connectivity index (χ2v) is 11.3. The fraction of sp³-hybridized carbons (Fsp3) is 0.500. The second-order valence-electron chi connectivity index (χ2n) is 10.3. The smallest absolute Gasteiger partial charge is 0.408 e. The zero-order chi connectivity index (χ0) is 24.5. The van der Waals surface area contributed by atoms with Crippen LogP contribution in [0.1, 0.15) is 64.5 Å². The summed E-state index contributed by atoms with van der Waals surface area (Å²) in [7, 11) is 0. The van der Waals surface area contributed by atoms with Crippen LogP contribution in [-0.4, -0.2) is 34.7 Å². The number of rotatable bonds is 6. The summed E-state index contributed by atoms with van der Waals surface area (Å²) in [6.07, 6.45) is 3.65. The number of nitrogens with one attached hydrogen (secondary N) is 1. The van der Waals surface area contributed by atoms with Gasteiger partial charge in [0.2, 0.25) is 11.9 Å². The van der Waals surface area contributed by atoms with Gasteiger partial charge in [-0.1, -0.05) is 34.8 Å². The lowest BCUT2D eigenvalue weighted by Gasteiger charge is -2.37. The van der Waals surface area contributed by atoms with E-state index < -0.39 is 23.2 Å². The Morgan fingerprint density at radius 1 is 1.18 bits per heavy atom. The molecular weight excluding hydrogens is 501 g/mol. The normalized spacial score (nSPS) is 21.1. The Labute approximate surface area is 208 Å². The quantitative estimate of drug-likeness (QED) is 0.467. The number of hydrogen-bond donors (Lipinski definition) is 1. The topological polar surface area (TPSA) is 71.5 Å². The van der Waals surface area contributed by atoms with Gasteiger partial charge in [0.1, 0.15) is 5.60 Å². The molecule has 2 amide bonds. The highest BCUT2D eigenvalue weighted by Crippen LogP contribution is 2.48. The Morgan fingerprint density at radius 3 is 2.47 bits per heavy atom. The maximum absolute atomic E-state index is 13.8. The number of anilines is 1. The monoisotopic (exact) mass is 531 g/mol. The van der Waals surface area contributed by atoms with Crippen LogP contribution in [0.5, 0.6) is 0 Å². The Morgan fingerprint density at radius 2 is 1.85 bits per heavy atom. The molecule has 1 N–H and O–H groups in total. The lowest BCUT2D eigenvalue weighted by Crippen LogP contribution is -2.56. The number of benzene rings is 1. The van der Waals surface area contributed by atoms with Crippen LogP contribution in [0.4, 0.5) is 14.9 Å². The lowest BCUT2D eigenvalue weighted by atomic mass is 9.96. The van der Waals surface area contributed by atoms with Crippen LogP contribution < -0.4 is 10.2 Å². The molecule has 182 valence electrons. The van der Waals surface area contributed by atoms with E-state index in [4.69, 9.17) is 4.74 Å². The fourth-order valence-electron chi connectivity index (χ4n) is 4.74. The van der Waals surface area contributed by atoms with Crippen molar-refractivity contribution in [3.05, 3.63) is 58.6 Å². The fourth-order valence-corrected chi connectivity index (χ4v) is 5.00. The van der Waals surface area contributed by atoms with E-state index in [0.717, 1.165) is 35.8 Å². The summed E-state index contributed by atoms with van der Waals surface area (Å²) in [6, 6.07) is 12.3. The number of ether oxygens (including phenoxy) is 1. The van der Waals surface area contributed by atoms with E-state index in [1.807, 2.05) is 45.0 Å². The first-order valence-electron chi connectivity index (χ1n) is 11.8. The minimum Gasteiger partial charge on any atom is -0.444 e. The van der Waals surface area contributed by atoms with E-state index in [2.05, 4.69) is 26.2 Å². The van der Waals surface area contributed by atoms with Crippen molar-refractivity contribution in [2.45, 2.75) is 69.9 Å². The number of carbonyl (C=O) groups is 2. The molecule has 6 nitrogen and oxygen atoms in total. The molecule has 2 aliphatic carbocycles. The Kier molecular flexibility index (Phi) is 6.99. The van der Waals surface area contributed by atoms with Gasteiger partial charge in [-0.25, -0.2) is 9.78 Å². The molecule has 2 aliphatic rings. The van der Waals surface area contributed by atoms with Crippen LogP contribution in [0.3, 0.4) is 0 Å². The van der Waals surface area contributed by atoms with Crippen molar-refractivity contribution in [2.24, 2.45) is 5.92 Å². The molecule has 2 saturated carbocycles. The van der Waals surface area contributed by atoms with Gasteiger partial charge in [-0.15, -0.1) is 0 Å². The van der Waals surface area contributed by atoms with Gasteiger partial charge >= 0.3 is 6.09 Å². The zero-order valence-electron chi connectivity index (χ0n) is 19.8. The SMILES string of the molecule is CC(C)(C)OC(=O)NC1(CN(C(=O)C2CC2c2cccc(F)n2)c2ccc(Br)cc2)CCCC1. The number of halogens is 2. The van der Waals surface area contributed by atoms with E-state index in [9.17, 15) is 14.0 Å². The Balaban J connectivity index is 1.58. The number of carbonyl (C=O) groups excluding carboxylic acids is 2. The van der Waals surface area contributed by atoms with Gasteiger partial charge < -0.3 is 15.0 Å². The first kappa shape index (κ1) is 24.6. The molecule has 0 bridgehead atoms. The molecule has 0 saturated heterocycles. The van der Waals surface area contributed by atoms with Gasteiger partial charge in [0.15, 0.2) is 0 Å². The minimum absolute atomic E-state index is 0.0318. The molecule has 0 radical (unpaired) electrons. The molecule has 2 aromatic rings. The molecule has 4 rings (SSSR count). The molecule has 34 heavy (non-hydrogen) atoms. The summed E-state index contributed by atoms with van der Waals surface area (Å²) in [6.45, 7) is 5.85. The maximum Gasteiger partial charge on any atom is 0.408 e. The first-order valence-corrected chi connectivity index (χ1v) is 12.6. The Bertz CT molecular complexity index is 1050. The third-order valence-corrected chi connectivity index (χ3v) is 6.94. The molecule has 1 heterocycles. The number of hydrogen-bond acceptors (Lipinski definition) is 4. The average Bonchev–Trinajstić information content (AvgIpc) is 3.44. The molecule has 2 unspecified atom stereocenters. The van der Waals surface area contributed by atoms with E-state index in [0.29, 0.717) is 18.7 Å². The van der Waals surface area contributed by atoms with Crippen LogP contribution in [0.2, 0.25) is 0 Å². The van der Waals surface area contributed by atoms with E-state index in [1.54, 1.807) is 17.0 Å². The van der Waals surface area contributed by atoms with Crippen LogP contribution >= 0.6 is 15.9 Å². The largest absolute Gasteiger partial charge is 0.444 e. The Hall–Kier alpha value is -2.48. The van der Waals surface area contributed by atoms with Crippen LogP contribution in [0.15, 0.2) is 46.9 Å². The highest BCUT2D eigenvalue weighted by Gasteiger charge is 2.49. The van der Waals surface area contributed by atoms with Gasteiger partial charge in [0, 0.05) is 34.2 Å². The molecule has 2 atom stereocenters. The lowest BCUT2D eigenvalue weighted by molar-refractivity contribution is -0.120. The van der Waals surface area contributed by atoms with Crippen LogP contribution in [0.25, 0.3) is 0 Å². The number of alkyl carbamates (subject to hydrolysis) is 1. The van der Waals surface area contributed by atoms with Crippen molar-refractivity contribution >= 4 is 33.6 Å². The number of pyridine rings is 1. The predicted molar refractivity (Wildman–Crippen MR) is 132 cm³/mol.